The van der Waals surface area contributed by atoms with Crippen LogP contribution < -0.4 is 0 Å². The van der Waals surface area contributed by atoms with Gasteiger partial charge in [0.2, 0.25) is 0 Å². The molecule has 0 saturated heterocycles. The Bertz CT molecular complexity index is 1290. The maximum absolute atomic E-state index is 11.3. The fraction of sp³-hybridized carbons (Fsp3) is 0.486. The molecule has 0 unspecified atom stereocenters. The Balaban J connectivity index is 2.19. The van der Waals surface area contributed by atoms with E-state index in [0.29, 0.717) is 30.2 Å². The number of phenolic OH excluding ortho intramolecular Hbond substituents is 3. The number of hydrogen-bond donors (Lipinski definition) is 3. The number of hydrogen-bond acceptors (Lipinski definition) is 5. The lowest BCUT2D eigenvalue weighted by atomic mass is 9.78. The lowest BCUT2D eigenvalue weighted by Crippen LogP contribution is -2.22. The predicted molar refractivity (Wildman–Crippen MR) is 176 cm³/mol. The molecule has 0 aromatic heterocycles. The summed E-state index contributed by atoms with van der Waals surface area (Å²) in [6.45, 7) is 26.4. The molecule has 0 saturated carbocycles. The zero-order valence-corrected chi connectivity index (χ0v) is 27.8. The first-order valence-electron chi connectivity index (χ1n) is 14.9. The van der Waals surface area contributed by atoms with Gasteiger partial charge in [0, 0.05) is 5.56 Å². The molecule has 228 valence electrons. The Kier molecular flexibility index (Phi) is 9.17. The average molecular weight is 573 g/mol. The topological polar surface area (TPSA) is 76.3 Å². The number of benzene rings is 3. The van der Waals surface area contributed by atoms with Crippen molar-refractivity contribution in [3.05, 3.63) is 87.5 Å². The van der Waals surface area contributed by atoms with Crippen molar-refractivity contribution in [3.8, 4) is 17.2 Å². The van der Waals surface area contributed by atoms with Crippen molar-refractivity contribution in [2.24, 2.45) is 5.10 Å². The van der Waals surface area contributed by atoms with Crippen LogP contribution in [0.2, 0.25) is 0 Å². The number of rotatable bonds is 6. The van der Waals surface area contributed by atoms with E-state index in [4.69, 9.17) is 5.10 Å². The van der Waals surface area contributed by atoms with Crippen LogP contribution in [0.5, 0.6) is 17.2 Å². The highest BCUT2D eigenvalue weighted by Gasteiger charge is 2.29. The third kappa shape index (κ3) is 7.87. The summed E-state index contributed by atoms with van der Waals surface area (Å²) in [5, 5.41) is 39.8. The second-order valence-electron chi connectivity index (χ2n) is 15.7. The van der Waals surface area contributed by atoms with E-state index in [2.05, 4.69) is 107 Å². The van der Waals surface area contributed by atoms with E-state index in [9.17, 15) is 15.3 Å². The molecule has 0 bridgehead atoms. The summed E-state index contributed by atoms with van der Waals surface area (Å²) in [7, 11) is 0. The Labute approximate surface area is 253 Å². The van der Waals surface area contributed by atoms with Gasteiger partial charge < -0.3 is 15.3 Å². The fourth-order valence-electron chi connectivity index (χ4n) is 5.16. The van der Waals surface area contributed by atoms with Crippen LogP contribution in [0.4, 0.5) is 0 Å². The summed E-state index contributed by atoms with van der Waals surface area (Å²) in [6, 6.07) is 15.5. The van der Waals surface area contributed by atoms with E-state index in [0.717, 1.165) is 33.4 Å². The molecule has 0 aliphatic rings. The average Bonchev–Trinajstić information content (AvgIpc) is 2.82. The summed E-state index contributed by atoms with van der Waals surface area (Å²) >= 11 is 0. The van der Waals surface area contributed by atoms with Crippen molar-refractivity contribution in [1.29, 1.82) is 0 Å². The van der Waals surface area contributed by atoms with Crippen molar-refractivity contribution >= 4 is 6.21 Å². The lowest BCUT2D eigenvalue weighted by Gasteiger charge is -2.30. The Morgan fingerprint density at radius 1 is 0.571 bits per heavy atom. The van der Waals surface area contributed by atoms with Gasteiger partial charge in [0.15, 0.2) is 0 Å². The molecular weight excluding hydrogens is 520 g/mol. The van der Waals surface area contributed by atoms with Gasteiger partial charge in [-0.2, -0.15) is 5.10 Å². The molecule has 5 heteroatoms. The Hall–Kier alpha value is -3.47. The molecule has 0 radical (unpaired) electrons. The first kappa shape index (κ1) is 33.0. The Morgan fingerprint density at radius 3 is 1.21 bits per heavy atom. The third-order valence-electron chi connectivity index (χ3n) is 7.60. The first-order valence-corrected chi connectivity index (χ1v) is 14.9. The van der Waals surface area contributed by atoms with Gasteiger partial charge in [0.05, 0.1) is 19.3 Å². The van der Waals surface area contributed by atoms with Crippen molar-refractivity contribution in [3.63, 3.8) is 0 Å². The minimum atomic E-state index is -0.246. The van der Waals surface area contributed by atoms with Crippen LogP contribution >= 0.6 is 0 Å². The largest absolute Gasteiger partial charge is 0.507 e. The van der Waals surface area contributed by atoms with E-state index in [1.54, 1.807) is 18.3 Å². The van der Waals surface area contributed by atoms with E-state index in [1.807, 2.05) is 17.1 Å². The molecule has 5 nitrogen and oxygen atoms in total. The summed E-state index contributed by atoms with van der Waals surface area (Å²) in [5.74, 6) is 0.878. The van der Waals surface area contributed by atoms with Crippen molar-refractivity contribution < 1.29 is 15.3 Å². The van der Waals surface area contributed by atoms with Crippen molar-refractivity contribution in [1.82, 2.24) is 5.01 Å². The molecule has 3 aromatic rings. The molecular formula is C37H52N2O3. The first-order chi connectivity index (χ1) is 19.1. The van der Waals surface area contributed by atoms with Crippen LogP contribution in [0.25, 0.3) is 0 Å². The molecule has 0 amide bonds. The minimum absolute atomic E-state index is 0.172. The number of phenols is 3. The monoisotopic (exact) mass is 572 g/mol. The molecule has 0 heterocycles. The number of para-hydroxylation sites is 1. The second-order valence-corrected chi connectivity index (χ2v) is 15.7. The smallest absolute Gasteiger partial charge is 0.124 e. The van der Waals surface area contributed by atoms with Crippen LogP contribution in [-0.4, -0.2) is 26.5 Å². The zero-order valence-electron chi connectivity index (χ0n) is 27.8. The van der Waals surface area contributed by atoms with E-state index >= 15 is 0 Å². The van der Waals surface area contributed by atoms with E-state index in [-0.39, 0.29) is 27.4 Å². The molecule has 3 N–H and O–H groups in total. The van der Waals surface area contributed by atoms with Gasteiger partial charge in [-0.1, -0.05) is 95.2 Å². The molecule has 3 aromatic carbocycles. The summed E-state index contributed by atoms with van der Waals surface area (Å²) in [6.07, 6.45) is 1.70. The SMILES string of the molecule is CC(C)(C)c1cc(CN(Cc2cc(C(C)(C)C)c(O)c(C(C)(C)C)c2)N=Cc2ccccc2O)cc(C(C)(C)C)c1O. The minimum Gasteiger partial charge on any atom is -0.507 e. The second kappa shape index (κ2) is 11.7. The molecule has 0 fully saturated rings. The van der Waals surface area contributed by atoms with Gasteiger partial charge in [-0.15, -0.1) is 0 Å². The van der Waals surface area contributed by atoms with Gasteiger partial charge in [-0.3, -0.25) is 5.01 Å². The quantitative estimate of drug-likeness (QED) is 0.203. The summed E-state index contributed by atoms with van der Waals surface area (Å²) in [4.78, 5) is 0. The number of hydrazone groups is 1. The van der Waals surface area contributed by atoms with Crippen LogP contribution in [-0.2, 0) is 34.7 Å². The maximum atomic E-state index is 11.3. The standard InChI is InChI=1S/C37H52N2O3/c1-34(2,3)27-17-24(18-28(32(27)41)35(4,5)6)22-39(38-21-26-15-13-14-16-31(26)40)23-25-19-29(36(7,8)9)33(42)30(20-25)37(10,11)12/h13-21,40-42H,22-23H2,1-12H3. The van der Waals surface area contributed by atoms with Gasteiger partial charge >= 0.3 is 0 Å². The molecule has 0 spiro atoms. The van der Waals surface area contributed by atoms with Gasteiger partial charge in [-0.25, -0.2) is 0 Å². The molecule has 42 heavy (non-hydrogen) atoms. The highest BCUT2D eigenvalue weighted by molar-refractivity contribution is 5.83. The molecule has 0 aliphatic heterocycles. The van der Waals surface area contributed by atoms with Crippen molar-refractivity contribution in [2.45, 2.75) is 118 Å². The van der Waals surface area contributed by atoms with E-state index < -0.39 is 0 Å². The van der Waals surface area contributed by atoms with Crippen molar-refractivity contribution in [2.75, 3.05) is 0 Å². The molecule has 0 aliphatic carbocycles. The van der Waals surface area contributed by atoms with Gasteiger partial charge in [-0.05, 0) is 91.4 Å². The highest BCUT2D eigenvalue weighted by Crippen LogP contribution is 2.42. The highest BCUT2D eigenvalue weighted by atomic mass is 16.3. The fourth-order valence-corrected chi connectivity index (χ4v) is 5.16. The molecule has 0 atom stereocenters. The van der Waals surface area contributed by atoms with E-state index in [1.165, 1.54) is 0 Å². The molecule has 3 rings (SSSR count). The number of nitrogens with zero attached hydrogens (tertiary/aromatic N) is 2. The number of aromatic hydroxyl groups is 3. The van der Waals surface area contributed by atoms with Crippen LogP contribution in [0.1, 0.15) is 122 Å². The van der Waals surface area contributed by atoms with Gasteiger partial charge in [0.1, 0.15) is 17.2 Å². The maximum Gasteiger partial charge on any atom is 0.124 e. The predicted octanol–water partition coefficient (Wildman–Crippen LogP) is 9.03. The normalized spacial score (nSPS) is 13.1. The van der Waals surface area contributed by atoms with Gasteiger partial charge in [0.25, 0.3) is 0 Å². The third-order valence-corrected chi connectivity index (χ3v) is 7.60. The zero-order chi connectivity index (χ0) is 31.8. The summed E-state index contributed by atoms with van der Waals surface area (Å²) < 4.78 is 0. The van der Waals surface area contributed by atoms with Crippen LogP contribution in [0.15, 0.2) is 53.6 Å². The summed E-state index contributed by atoms with van der Waals surface area (Å²) in [5.41, 5.74) is 5.37. The van der Waals surface area contributed by atoms with Crippen LogP contribution in [0, 0.1) is 0 Å². The Morgan fingerprint density at radius 2 is 0.905 bits per heavy atom. The van der Waals surface area contributed by atoms with Crippen LogP contribution in [0.3, 0.4) is 0 Å². The lowest BCUT2D eigenvalue weighted by molar-refractivity contribution is 0.271.